The molecule has 2 heterocycles. The predicted molar refractivity (Wildman–Crippen MR) is 49.4 cm³/mol. The van der Waals surface area contributed by atoms with Crippen molar-refractivity contribution in [1.82, 2.24) is 10.2 Å². The number of halogens is 1. The molecule has 12 heavy (non-hydrogen) atoms. The zero-order valence-corrected chi connectivity index (χ0v) is 7.85. The second kappa shape index (κ2) is 4.10. The topological polar surface area (TPSA) is 32.3 Å². The second-order valence-corrected chi connectivity index (χ2v) is 3.50. The van der Waals surface area contributed by atoms with E-state index in [-0.39, 0.29) is 12.4 Å². The average molecular weight is 191 g/mol. The molecule has 4 heteroatoms. The molecule has 2 saturated heterocycles. The largest absolute Gasteiger partial charge is 0.344 e. The Morgan fingerprint density at radius 2 is 2.25 bits per heavy atom. The number of carbonyl (C=O) groups is 1. The number of fused-ring (bicyclic) bond motifs is 1. The summed E-state index contributed by atoms with van der Waals surface area (Å²) in [5.41, 5.74) is 0. The quantitative estimate of drug-likeness (QED) is 0.602. The fraction of sp³-hybridized carbons (Fsp3) is 0.875. The Balaban J connectivity index is 0.000000720. The Morgan fingerprint density at radius 1 is 1.42 bits per heavy atom. The predicted octanol–water partition coefficient (Wildman–Crippen LogP) is 0.248. The molecule has 0 aromatic rings. The van der Waals surface area contributed by atoms with Crippen molar-refractivity contribution >= 4 is 18.8 Å². The van der Waals surface area contributed by atoms with Crippen LogP contribution < -0.4 is 5.32 Å². The van der Waals surface area contributed by atoms with E-state index in [1.165, 1.54) is 12.8 Å². The van der Waals surface area contributed by atoms with Crippen LogP contribution in [0.3, 0.4) is 0 Å². The highest BCUT2D eigenvalue weighted by Gasteiger charge is 2.31. The third-order valence-electron chi connectivity index (χ3n) is 2.86. The molecule has 2 rings (SSSR count). The van der Waals surface area contributed by atoms with E-state index < -0.39 is 0 Å². The van der Waals surface area contributed by atoms with Crippen LogP contribution in [0, 0.1) is 5.92 Å². The molecule has 1 amide bonds. The van der Waals surface area contributed by atoms with Crippen LogP contribution in [0.4, 0.5) is 0 Å². The van der Waals surface area contributed by atoms with Gasteiger partial charge in [0.05, 0.1) is 0 Å². The molecule has 0 saturated carbocycles. The highest BCUT2D eigenvalue weighted by Crippen LogP contribution is 2.23. The summed E-state index contributed by atoms with van der Waals surface area (Å²) >= 11 is 0. The molecule has 1 N–H and O–H groups in total. The molecule has 0 radical (unpaired) electrons. The standard InChI is InChI=1S/C8H14N2O.ClH/c11-6-10-4-2-7-1-3-9-8(7)5-10;/h6-9H,1-5H2;1H/t7-,8+;/m1./s1. The van der Waals surface area contributed by atoms with Crippen molar-refractivity contribution in [3.8, 4) is 0 Å². The lowest BCUT2D eigenvalue weighted by Gasteiger charge is -2.32. The number of hydrogen-bond acceptors (Lipinski definition) is 2. The van der Waals surface area contributed by atoms with E-state index in [0.29, 0.717) is 6.04 Å². The second-order valence-electron chi connectivity index (χ2n) is 3.50. The molecule has 0 aliphatic carbocycles. The number of nitrogens with one attached hydrogen (secondary N) is 1. The maximum Gasteiger partial charge on any atom is 0.209 e. The lowest BCUT2D eigenvalue weighted by molar-refractivity contribution is -0.119. The number of likely N-dealkylation sites (tertiary alicyclic amines) is 1. The van der Waals surface area contributed by atoms with Crippen LogP contribution >= 0.6 is 12.4 Å². The van der Waals surface area contributed by atoms with E-state index in [1.807, 2.05) is 4.90 Å². The summed E-state index contributed by atoms with van der Waals surface area (Å²) in [6.07, 6.45) is 3.46. The van der Waals surface area contributed by atoms with Crippen LogP contribution in [0.1, 0.15) is 12.8 Å². The summed E-state index contributed by atoms with van der Waals surface area (Å²) in [5, 5.41) is 3.42. The number of amides is 1. The zero-order chi connectivity index (χ0) is 7.68. The molecular weight excluding hydrogens is 176 g/mol. The van der Waals surface area contributed by atoms with Gasteiger partial charge in [-0.15, -0.1) is 12.4 Å². The van der Waals surface area contributed by atoms with Crippen molar-refractivity contribution in [2.24, 2.45) is 5.92 Å². The van der Waals surface area contributed by atoms with E-state index in [4.69, 9.17) is 0 Å². The van der Waals surface area contributed by atoms with Crippen LogP contribution in [-0.4, -0.2) is 37.0 Å². The van der Waals surface area contributed by atoms with E-state index in [2.05, 4.69) is 5.32 Å². The molecule has 70 valence electrons. The van der Waals surface area contributed by atoms with Crippen LogP contribution in [0.5, 0.6) is 0 Å². The van der Waals surface area contributed by atoms with Crippen molar-refractivity contribution in [3.63, 3.8) is 0 Å². The fourth-order valence-corrected chi connectivity index (χ4v) is 2.15. The molecule has 0 aromatic carbocycles. The summed E-state index contributed by atoms with van der Waals surface area (Å²) in [6, 6.07) is 0.592. The van der Waals surface area contributed by atoms with E-state index in [1.54, 1.807) is 0 Å². The Hall–Kier alpha value is -0.280. The van der Waals surface area contributed by atoms with Gasteiger partial charge in [-0.25, -0.2) is 0 Å². The van der Waals surface area contributed by atoms with Gasteiger partial charge in [-0.2, -0.15) is 0 Å². The highest BCUT2D eigenvalue weighted by atomic mass is 35.5. The fourth-order valence-electron chi connectivity index (χ4n) is 2.15. The SMILES string of the molecule is Cl.O=CN1CC[C@H]2CCN[C@H]2C1. The minimum absolute atomic E-state index is 0. The Labute approximate surface area is 78.9 Å². The summed E-state index contributed by atoms with van der Waals surface area (Å²) in [4.78, 5) is 12.3. The molecule has 0 spiro atoms. The first kappa shape index (κ1) is 9.81. The number of carbonyl (C=O) groups excluding carboxylic acids is 1. The van der Waals surface area contributed by atoms with Crippen LogP contribution in [-0.2, 0) is 4.79 Å². The van der Waals surface area contributed by atoms with Gasteiger partial charge in [0, 0.05) is 19.1 Å². The zero-order valence-electron chi connectivity index (χ0n) is 7.03. The molecule has 2 aliphatic heterocycles. The normalized spacial score (nSPS) is 33.8. The molecule has 0 aromatic heterocycles. The smallest absolute Gasteiger partial charge is 0.209 e. The Morgan fingerprint density at radius 3 is 3.00 bits per heavy atom. The van der Waals surface area contributed by atoms with Gasteiger partial charge in [-0.3, -0.25) is 4.79 Å². The molecule has 2 aliphatic rings. The van der Waals surface area contributed by atoms with Gasteiger partial charge in [0.2, 0.25) is 6.41 Å². The average Bonchev–Trinajstić information content (AvgIpc) is 2.50. The molecule has 2 fully saturated rings. The Kier molecular flexibility index (Phi) is 3.35. The van der Waals surface area contributed by atoms with Crippen molar-refractivity contribution in [3.05, 3.63) is 0 Å². The minimum atomic E-state index is 0. The first-order chi connectivity index (χ1) is 5.40. The van der Waals surface area contributed by atoms with E-state index in [0.717, 1.165) is 32.0 Å². The summed E-state index contributed by atoms with van der Waals surface area (Å²) in [6.45, 7) is 3.03. The lowest BCUT2D eigenvalue weighted by Crippen LogP contribution is -2.45. The molecule has 2 atom stereocenters. The molecular formula is C8H15ClN2O. The van der Waals surface area contributed by atoms with Crippen molar-refractivity contribution in [2.75, 3.05) is 19.6 Å². The van der Waals surface area contributed by atoms with Gasteiger partial charge in [0.15, 0.2) is 0 Å². The highest BCUT2D eigenvalue weighted by molar-refractivity contribution is 5.85. The first-order valence-corrected chi connectivity index (χ1v) is 4.33. The van der Waals surface area contributed by atoms with Gasteiger partial charge in [-0.1, -0.05) is 0 Å². The van der Waals surface area contributed by atoms with Crippen LogP contribution in [0.15, 0.2) is 0 Å². The number of piperidine rings is 1. The van der Waals surface area contributed by atoms with Gasteiger partial charge < -0.3 is 10.2 Å². The number of hydrogen-bond donors (Lipinski definition) is 1. The van der Waals surface area contributed by atoms with Crippen molar-refractivity contribution in [1.29, 1.82) is 0 Å². The minimum Gasteiger partial charge on any atom is -0.344 e. The van der Waals surface area contributed by atoms with E-state index >= 15 is 0 Å². The van der Waals surface area contributed by atoms with Gasteiger partial charge in [0.1, 0.15) is 0 Å². The van der Waals surface area contributed by atoms with Gasteiger partial charge >= 0.3 is 0 Å². The van der Waals surface area contributed by atoms with Crippen LogP contribution in [0.25, 0.3) is 0 Å². The molecule has 3 nitrogen and oxygen atoms in total. The third-order valence-corrected chi connectivity index (χ3v) is 2.86. The monoisotopic (exact) mass is 190 g/mol. The van der Waals surface area contributed by atoms with Gasteiger partial charge in [0.25, 0.3) is 0 Å². The van der Waals surface area contributed by atoms with Crippen molar-refractivity contribution in [2.45, 2.75) is 18.9 Å². The van der Waals surface area contributed by atoms with Crippen molar-refractivity contribution < 1.29 is 4.79 Å². The number of nitrogens with zero attached hydrogens (tertiary/aromatic N) is 1. The summed E-state index contributed by atoms with van der Waals surface area (Å²) in [7, 11) is 0. The van der Waals surface area contributed by atoms with E-state index in [9.17, 15) is 4.79 Å². The number of rotatable bonds is 1. The van der Waals surface area contributed by atoms with Gasteiger partial charge in [-0.05, 0) is 25.3 Å². The summed E-state index contributed by atoms with van der Waals surface area (Å²) in [5.74, 6) is 0.839. The maximum atomic E-state index is 10.4. The Bertz CT molecular complexity index is 165. The summed E-state index contributed by atoms with van der Waals surface area (Å²) < 4.78 is 0. The molecule has 0 unspecified atom stereocenters. The third kappa shape index (κ3) is 1.72. The van der Waals surface area contributed by atoms with Crippen LogP contribution in [0.2, 0.25) is 0 Å². The molecule has 0 bridgehead atoms. The first-order valence-electron chi connectivity index (χ1n) is 4.33. The lowest BCUT2D eigenvalue weighted by atomic mass is 9.93. The maximum absolute atomic E-state index is 10.4.